The second kappa shape index (κ2) is 9.80. The molecule has 7 nitrogen and oxygen atoms in total. The molecule has 0 unspecified atom stereocenters. The average molecular weight is 508 g/mol. The van der Waals surface area contributed by atoms with E-state index in [0.29, 0.717) is 10.2 Å². The van der Waals surface area contributed by atoms with E-state index in [9.17, 15) is 4.79 Å². The van der Waals surface area contributed by atoms with Gasteiger partial charge in [-0.15, -0.1) is 5.10 Å². The minimum Gasteiger partial charge on any atom is -0.369 e. The van der Waals surface area contributed by atoms with E-state index in [1.165, 1.54) is 18.2 Å². The predicted molar refractivity (Wildman–Crippen MR) is 124 cm³/mol. The fourth-order valence-electron chi connectivity index (χ4n) is 3.38. The molecule has 1 aromatic heterocycles. The van der Waals surface area contributed by atoms with Gasteiger partial charge in [-0.2, -0.15) is 4.68 Å². The maximum atomic E-state index is 12.7. The number of tetrazole rings is 1. The number of para-hydroxylation sites is 1. The Bertz CT molecular complexity index is 1020. The Hall–Kier alpha value is -2.10. The van der Waals surface area contributed by atoms with Gasteiger partial charge in [0.2, 0.25) is 11.1 Å². The number of halogens is 2. The van der Waals surface area contributed by atoms with Gasteiger partial charge in [-0.1, -0.05) is 45.4 Å². The minimum absolute atomic E-state index is 0.133. The second-order valence-corrected chi connectivity index (χ2v) is 9.14. The average Bonchev–Trinajstić information content (AvgIpc) is 3.22. The number of carbonyl (C=O) groups excluding carboxylic acids is 1. The number of piperidine rings is 1. The second-order valence-electron chi connectivity index (χ2n) is 6.87. The molecule has 3 aromatic rings. The minimum atomic E-state index is -0.133. The van der Waals surface area contributed by atoms with Crippen LogP contribution in [-0.2, 0) is 4.79 Å². The molecule has 1 amide bonds. The highest BCUT2D eigenvalue weighted by molar-refractivity contribution is 9.10. The molecule has 1 fully saturated rings. The van der Waals surface area contributed by atoms with Crippen molar-refractivity contribution in [2.75, 3.05) is 29.1 Å². The summed E-state index contributed by atoms with van der Waals surface area (Å²) in [5.41, 5.74) is 2.47. The number of hydrogen-bond donors (Lipinski definition) is 1. The van der Waals surface area contributed by atoms with Crippen molar-refractivity contribution < 1.29 is 4.79 Å². The number of amides is 1. The van der Waals surface area contributed by atoms with Crippen molar-refractivity contribution in [3.05, 3.63) is 52.0 Å². The summed E-state index contributed by atoms with van der Waals surface area (Å²) < 4.78 is 2.59. The summed E-state index contributed by atoms with van der Waals surface area (Å²) in [5, 5.41) is 16.0. The third kappa shape index (κ3) is 4.96. The van der Waals surface area contributed by atoms with Crippen LogP contribution in [0.15, 0.2) is 52.1 Å². The highest BCUT2D eigenvalue weighted by Crippen LogP contribution is 2.35. The van der Waals surface area contributed by atoms with Crippen LogP contribution in [0.4, 0.5) is 11.4 Å². The molecule has 4 rings (SSSR count). The van der Waals surface area contributed by atoms with Gasteiger partial charge in [0.15, 0.2) is 0 Å². The molecule has 1 saturated heterocycles. The Kier molecular flexibility index (Phi) is 6.91. The van der Waals surface area contributed by atoms with Gasteiger partial charge >= 0.3 is 0 Å². The zero-order valence-corrected chi connectivity index (χ0v) is 19.3. The van der Waals surface area contributed by atoms with Gasteiger partial charge < -0.3 is 10.2 Å². The van der Waals surface area contributed by atoms with Crippen molar-refractivity contribution in [2.24, 2.45) is 0 Å². The molecule has 1 N–H and O–H groups in total. The van der Waals surface area contributed by atoms with Crippen LogP contribution in [0.1, 0.15) is 19.3 Å². The molecule has 0 saturated carbocycles. The highest BCUT2D eigenvalue weighted by atomic mass is 79.9. The number of nitrogens with zero attached hydrogens (tertiary/aromatic N) is 5. The molecule has 1 aliphatic rings. The molecule has 2 heterocycles. The number of benzene rings is 2. The fourth-order valence-corrected chi connectivity index (χ4v) is 4.63. The van der Waals surface area contributed by atoms with E-state index in [2.05, 4.69) is 41.7 Å². The van der Waals surface area contributed by atoms with Gasteiger partial charge in [0.05, 0.1) is 27.8 Å². The lowest BCUT2D eigenvalue weighted by molar-refractivity contribution is -0.113. The number of rotatable bonds is 6. The Morgan fingerprint density at radius 1 is 1.13 bits per heavy atom. The first-order chi connectivity index (χ1) is 14.6. The van der Waals surface area contributed by atoms with Crippen LogP contribution in [0.5, 0.6) is 0 Å². The largest absolute Gasteiger partial charge is 0.369 e. The van der Waals surface area contributed by atoms with Crippen LogP contribution in [0.25, 0.3) is 5.69 Å². The van der Waals surface area contributed by atoms with Crippen LogP contribution in [0.3, 0.4) is 0 Å². The lowest BCUT2D eigenvalue weighted by Gasteiger charge is -2.31. The number of carbonyl (C=O) groups is 1. The summed E-state index contributed by atoms with van der Waals surface area (Å²) in [6.07, 6.45) is 3.49. The summed E-state index contributed by atoms with van der Waals surface area (Å²) in [7, 11) is 0. The number of thioether (sulfide) groups is 1. The fraction of sp³-hybridized carbons (Fsp3) is 0.300. The summed E-state index contributed by atoms with van der Waals surface area (Å²) in [6, 6.07) is 13.3. The lowest BCUT2D eigenvalue weighted by Crippen LogP contribution is -2.31. The topological polar surface area (TPSA) is 75.9 Å². The number of nitrogens with one attached hydrogen (secondary N) is 1. The maximum Gasteiger partial charge on any atom is 0.234 e. The van der Waals surface area contributed by atoms with Crippen LogP contribution < -0.4 is 10.2 Å². The first kappa shape index (κ1) is 21.1. The van der Waals surface area contributed by atoms with Gasteiger partial charge in [0.1, 0.15) is 0 Å². The zero-order valence-electron chi connectivity index (χ0n) is 16.1. The Labute approximate surface area is 192 Å². The molecular weight excluding hydrogens is 488 g/mol. The number of anilines is 2. The molecule has 0 aliphatic carbocycles. The van der Waals surface area contributed by atoms with Crippen molar-refractivity contribution in [1.82, 2.24) is 20.2 Å². The van der Waals surface area contributed by atoms with Crippen LogP contribution in [0, 0.1) is 0 Å². The van der Waals surface area contributed by atoms with E-state index >= 15 is 0 Å². The molecule has 0 spiro atoms. The molecule has 30 heavy (non-hydrogen) atoms. The van der Waals surface area contributed by atoms with Crippen molar-refractivity contribution in [2.45, 2.75) is 24.4 Å². The third-order valence-corrected chi connectivity index (χ3v) is 6.53. The van der Waals surface area contributed by atoms with Gasteiger partial charge in [-0.05, 0) is 66.1 Å². The van der Waals surface area contributed by atoms with Gasteiger partial charge in [-0.25, -0.2) is 0 Å². The molecular formula is C20H20BrClN6OS. The molecule has 1 aliphatic heterocycles. The standard InChI is InChI=1S/C20H20BrClN6OS/c21-14-7-9-15(10-8-14)28-20(24-25-26-28)30-13-18(29)23-17-6-4-5-16(22)19(17)27-11-2-1-3-12-27/h4-10H,1-3,11-13H2,(H,23,29). The summed E-state index contributed by atoms with van der Waals surface area (Å²) in [4.78, 5) is 14.9. The smallest absolute Gasteiger partial charge is 0.234 e. The Morgan fingerprint density at radius 2 is 1.90 bits per heavy atom. The van der Waals surface area contributed by atoms with E-state index in [1.807, 2.05) is 42.5 Å². The molecule has 156 valence electrons. The highest BCUT2D eigenvalue weighted by Gasteiger charge is 2.19. The summed E-state index contributed by atoms with van der Waals surface area (Å²) >= 11 is 11.2. The number of aromatic nitrogens is 4. The Balaban J connectivity index is 1.44. The molecule has 2 aromatic carbocycles. The molecule has 0 atom stereocenters. The van der Waals surface area contributed by atoms with E-state index < -0.39 is 0 Å². The van der Waals surface area contributed by atoms with Crippen LogP contribution >= 0.6 is 39.3 Å². The zero-order chi connectivity index (χ0) is 20.9. The van der Waals surface area contributed by atoms with Crippen LogP contribution in [-0.4, -0.2) is 45.0 Å². The van der Waals surface area contributed by atoms with Crippen LogP contribution in [0.2, 0.25) is 5.02 Å². The monoisotopic (exact) mass is 506 g/mol. The van der Waals surface area contributed by atoms with E-state index in [0.717, 1.165) is 47.5 Å². The van der Waals surface area contributed by atoms with Crippen molar-refractivity contribution >= 4 is 56.6 Å². The van der Waals surface area contributed by atoms with Crippen molar-refractivity contribution in [3.63, 3.8) is 0 Å². The molecule has 0 radical (unpaired) electrons. The maximum absolute atomic E-state index is 12.7. The Morgan fingerprint density at radius 3 is 2.67 bits per heavy atom. The van der Waals surface area contributed by atoms with E-state index in [-0.39, 0.29) is 11.7 Å². The first-order valence-electron chi connectivity index (χ1n) is 9.62. The van der Waals surface area contributed by atoms with E-state index in [1.54, 1.807) is 4.68 Å². The van der Waals surface area contributed by atoms with Crippen molar-refractivity contribution in [3.8, 4) is 5.69 Å². The van der Waals surface area contributed by atoms with Gasteiger partial charge in [0.25, 0.3) is 0 Å². The van der Waals surface area contributed by atoms with Crippen molar-refractivity contribution in [1.29, 1.82) is 0 Å². The van der Waals surface area contributed by atoms with Gasteiger partial charge in [0, 0.05) is 17.6 Å². The first-order valence-corrected chi connectivity index (χ1v) is 11.8. The lowest BCUT2D eigenvalue weighted by atomic mass is 10.1. The normalized spacial score (nSPS) is 14.0. The third-order valence-electron chi connectivity index (χ3n) is 4.78. The molecule has 0 bridgehead atoms. The van der Waals surface area contributed by atoms with Gasteiger partial charge in [-0.3, -0.25) is 4.79 Å². The number of hydrogen-bond acceptors (Lipinski definition) is 6. The predicted octanol–water partition coefficient (Wildman–Crippen LogP) is 4.80. The quantitative estimate of drug-likeness (QED) is 0.483. The molecule has 10 heteroatoms. The summed E-state index contributed by atoms with van der Waals surface area (Å²) in [6.45, 7) is 1.90. The van der Waals surface area contributed by atoms with E-state index in [4.69, 9.17) is 11.6 Å². The summed E-state index contributed by atoms with van der Waals surface area (Å²) in [5.74, 6) is 0.0499. The SMILES string of the molecule is O=C(CSc1nnnn1-c1ccc(Br)cc1)Nc1cccc(Cl)c1N1CCCCC1.